The fourth-order valence-corrected chi connectivity index (χ4v) is 1.21. The molecule has 0 radical (unpaired) electrons. The van der Waals surface area contributed by atoms with E-state index in [4.69, 9.17) is 21.8 Å². The molecule has 0 aliphatic rings. The molecule has 8 nitrogen and oxygen atoms in total. The number of rotatable bonds is 8. The number of carbonyl (C=O) groups is 2. The molecule has 18 heavy (non-hydrogen) atoms. The van der Waals surface area contributed by atoms with E-state index >= 15 is 0 Å². The van der Waals surface area contributed by atoms with Gasteiger partial charge < -0.3 is 35.9 Å². The van der Waals surface area contributed by atoms with Crippen LogP contribution in [0.4, 0.5) is 4.79 Å². The molecule has 0 saturated heterocycles. The highest BCUT2D eigenvalue weighted by molar-refractivity contribution is 6.18. The number of aliphatic hydroxyl groups excluding tert-OH is 4. The predicted molar refractivity (Wildman–Crippen MR) is 62.2 cm³/mol. The standard InChI is InChI=1S/C9H17ClN2O6/c10-1-2-11-9(18)12-5(3-13)7(16)8(17)6(15)4-14/h3,5-8,14-17H,1-2,4H2,(H2,11,12,18)/t5-,6-,7-,8-/m1/s1. The van der Waals surface area contributed by atoms with Gasteiger partial charge in [0, 0.05) is 12.4 Å². The van der Waals surface area contributed by atoms with Crippen LogP contribution in [0.5, 0.6) is 0 Å². The Morgan fingerprint density at radius 2 is 1.89 bits per heavy atom. The van der Waals surface area contributed by atoms with Gasteiger partial charge in [-0.2, -0.15) is 0 Å². The fraction of sp³-hybridized carbons (Fsp3) is 0.778. The lowest BCUT2D eigenvalue weighted by atomic mass is 10.0. The zero-order valence-corrected chi connectivity index (χ0v) is 10.2. The third kappa shape index (κ3) is 5.61. The average Bonchev–Trinajstić information content (AvgIpc) is 2.39. The number of alkyl halides is 1. The SMILES string of the molecule is O=C[C@@H](NC(=O)NCCCl)[C@@H](O)[C@H](O)[C@H](O)CO. The van der Waals surface area contributed by atoms with Crippen molar-refractivity contribution in [3.8, 4) is 0 Å². The molecule has 4 atom stereocenters. The Balaban J connectivity index is 4.39. The van der Waals surface area contributed by atoms with Crippen LogP contribution < -0.4 is 10.6 Å². The maximum atomic E-state index is 11.2. The Bertz CT molecular complexity index is 267. The molecule has 0 aromatic rings. The first-order valence-corrected chi connectivity index (χ1v) is 5.72. The fourth-order valence-electron chi connectivity index (χ4n) is 1.11. The van der Waals surface area contributed by atoms with Crippen LogP contribution in [0, 0.1) is 0 Å². The van der Waals surface area contributed by atoms with Crippen LogP contribution in [-0.2, 0) is 4.79 Å². The van der Waals surface area contributed by atoms with Crippen molar-refractivity contribution in [1.29, 1.82) is 0 Å². The lowest BCUT2D eigenvalue weighted by Gasteiger charge is -2.26. The summed E-state index contributed by atoms with van der Waals surface area (Å²) in [5, 5.41) is 40.9. The van der Waals surface area contributed by atoms with Gasteiger partial charge in [0.15, 0.2) is 0 Å². The monoisotopic (exact) mass is 284 g/mol. The molecule has 0 aliphatic carbocycles. The molecule has 6 N–H and O–H groups in total. The first kappa shape index (κ1) is 17.1. The predicted octanol–water partition coefficient (Wildman–Crippen LogP) is -2.83. The number of halogens is 1. The van der Waals surface area contributed by atoms with Crippen LogP contribution in [0.1, 0.15) is 0 Å². The van der Waals surface area contributed by atoms with Gasteiger partial charge >= 0.3 is 6.03 Å². The summed E-state index contributed by atoms with van der Waals surface area (Å²) < 4.78 is 0. The van der Waals surface area contributed by atoms with Crippen LogP contribution in [0.15, 0.2) is 0 Å². The van der Waals surface area contributed by atoms with Crippen LogP contribution in [0.3, 0.4) is 0 Å². The second-order valence-corrected chi connectivity index (χ2v) is 3.86. The van der Waals surface area contributed by atoms with E-state index in [1.165, 1.54) is 0 Å². The Morgan fingerprint density at radius 3 is 2.33 bits per heavy atom. The van der Waals surface area contributed by atoms with Gasteiger partial charge in [0.25, 0.3) is 0 Å². The highest BCUT2D eigenvalue weighted by atomic mass is 35.5. The van der Waals surface area contributed by atoms with Gasteiger partial charge in [0.1, 0.15) is 30.6 Å². The molecule has 0 bridgehead atoms. The molecule has 0 spiro atoms. The van der Waals surface area contributed by atoms with Crippen molar-refractivity contribution in [1.82, 2.24) is 10.6 Å². The van der Waals surface area contributed by atoms with E-state index in [2.05, 4.69) is 10.6 Å². The Hall–Kier alpha value is -0.930. The summed E-state index contributed by atoms with van der Waals surface area (Å²) >= 11 is 5.33. The van der Waals surface area contributed by atoms with Gasteiger partial charge in [-0.25, -0.2) is 4.79 Å². The number of hydrogen-bond acceptors (Lipinski definition) is 6. The van der Waals surface area contributed by atoms with Crippen molar-refractivity contribution in [2.75, 3.05) is 19.0 Å². The van der Waals surface area contributed by atoms with Gasteiger partial charge in [-0.3, -0.25) is 0 Å². The van der Waals surface area contributed by atoms with Crippen LogP contribution in [0.2, 0.25) is 0 Å². The van der Waals surface area contributed by atoms with E-state index < -0.39 is 37.0 Å². The molecule has 106 valence electrons. The zero-order valence-electron chi connectivity index (χ0n) is 9.49. The first-order valence-electron chi connectivity index (χ1n) is 5.18. The molecule has 2 amide bonds. The summed E-state index contributed by atoms with van der Waals surface area (Å²) in [6, 6.07) is -2.17. The summed E-state index contributed by atoms with van der Waals surface area (Å²) in [5.74, 6) is 0.174. The average molecular weight is 285 g/mol. The van der Waals surface area contributed by atoms with E-state index in [0.29, 0.717) is 0 Å². The third-order valence-electron chi connectivity index (χ3n) is 2.12. The smallest absolute Gasteiger partial charge is 0.315 e. The van der Waals surface area contributed by atoms with Crippen molar-refractivity contribution >= 4 is 23.9 Å². The second-order valence-electron chi connectivity index (χ2n) is 3.48. The van der Waals surface area contributed by atoms with Gasteiger partial charge in [-0.1, -0.05) is 0 Å². The molecule has 0 aromatic heterocycles. The van der Waals surface area contributed by atoms with E-state index in [1.807, 2.05) is 0 Å². The van der Waals surface area contributed by atoms with Gasteiger partial charge in [0.05, 0.1) is 6.61 Å². The Morgan fingerprint density at radius 1 is 1.28 bits per heavy atom. The van der Waals surface area contributed by atoms with E-state index in [1.54, 1.807) is 0 Å². The number of carbonyl (C=O) groups excluding carboxylic acids is 2. The lowest BCUT2D eigenvalue weighted by Crippen LogP contribution is -2.55. The number of urea groups is 1. The summed E-state index contributed by atoms with van der Waals surface area (Å²) in [6.45, 7) is -0.626. The molecule has 0 fully saturated rings. The van der Waals surface area contributed by atoms with Crippen LogP contribution >= 0.6 is 11.6 Å². The summed E-state index contributed by atoms with van der Waals surface area (Å²) in [7, 11) is 0. The quantitative estimate of drug-likeness (QED) is 0.210. The van der Waals surface area contributed by atoms with E-state index in [0.717, 1.165) is 0 Å². The minimum Gasteiger partial charge on any atom is -0.394 e. The topological polar surface area (TPSA) is 139 Å². The van der Waals surface area contributed by atoms with Crippen molar-refractivity contribution in [3.05, 3.63) is 0 Å². The minimum atomic E-state index is -1.77. The molecule has 0 heterocycles. The van der Waals surface area contributed by atoms with Gasteiger partial charge in [-0.15, -0.1) is 11.6 Å². The molecule has 0 saturated carbocycles. The first-order chi connectivity index (χ1) is 8.47. The minimum absolute atomic E-state index is 0.164. The lowest BCUT2D eigenvalue weighted by molar-refractivity contribution is -0.119. The molecule has 0 rings (SSSR count). The number of aldehydes is 1. The van der Waals surface area contributed by atoms with E-state index in [9.17, 15) is 19.8 Å². The van der Waals surface area contributed by atoms with Gasteiger partial charge in [-0.05, 0) is 0 Å². The van der Waals surface area contributed by atoms with Crippen LogP contribution in [-0.4, -0.2) is 76.1 Å². The van der Waals surface area contributed by atoms with Crippen molar-refractivity contribution in [3.63, 3.8) is 0 Å². The van der Waals surface area contributed by atoms with Crippen LogP contribution in [0.25, 0.3) is 0 Å². The number of hydrogen-bond donors (Lipinski definition) is 6. The largest absolute Gasteiger partial charge is 0.394 e. The highest BCUT2D eigenvalue weighted by Crippen LogP contribution is 2.03. The zero-order chi connectivity index (χ0) is 14.1. The Kier molecular flexibility index (Phi) is 8.59. The summed E-state index contributed by atoms with van der Waals surface area (Å²) in [6.07, 6.45) is -4.92. The number of nitrogens with one attached hydrogen (secondary N) is 2. The molecular weight excluding hydrogens is 268 g/mol. The van der Waals surface area contributed by atoms with Crippen molar-refractivity contribution in [2.24, 2.45) is 0 Å². The molecule has 0 aromatic carbocycles. The summed E-state index contributed by atoms with van der Waals surface area (Å²) in [4.78, 5) is 21.9. The van der Waals surface area contributed by atoms with Crippen molar-refractivity contribution in [2.45, 2.75) is 24.4 Å². The number of aliphatic hydroxyl groups is 4. The molecule has 9 heteroatoms. The molecule has 0 unspecified atom stereocenters. The maximum Gasteiger partial charge on any atom is 0.315 e. The third-order valence-corrected chi connectivity index (χ3v) is 2.31. The summed E-state index contributed by atoms with van der Waals surface area (Å²) in [5.41, 5.74) is 0. The van der Waals surface area contributed by atoms with Gasteiger partial charge in [0.2, 0.25) is 0 Å². The Labute approximate surface area is 109 Å². The number of amides is 2. The van der Waals surface area contributed by atoms with Crippen molar-refractivity contribution < 1.29 is 30.0 Å². The molecular formula is C9H17ClN2O6. The normalized spacial score (nSPS) is 17.4. The molecule has 0 aliphatic heterocycles. The maximum absolute atomic E-state index is 11.2. The second kappa shape index (κ2) is 9.06. The van der Waals surface area contributed by atoms with E-state index in [-0.39, 0.29) is 18.7 Å². The highest BCUT2D eigenvalue weighted by Gasteiger charge is 2.31.